The lowest BCUT2D eigenvalue weighted by Crippen LogP contribution is -2.40. The largest absolute Gasteiger partial charge is 0.313 e. The fourth-order valence-corrected chi connectivity index (χ4v) is 3.88. The lowest BCUT2D eigenvalue weighted by atomic mass is 9.85. The highest BCUT2D eigenvalue weighted by molar-refractivity contribution is 7.90. The van der Waals surface area contributed by atoms with Crippen molar-refractivity contribution in [3.8, 4) is 0 Å². The van der Waals surface area contributed by atoms with E-state index in [0.717, 1.165) is 25.8 Å². The highest BCUT2D eigenvalue weighted by Gasteiger charge is 2.49. The van der Waals surface area contributed by atoms with Crippen molar-refractivity contribution < 1.29 is 8.42 Å². The van der Waals surface area contributed by atoms with Crippen LogP contribution in [0.25, 0.3) is 0 Å². The summed E-state index contributed by atoms with van der Waals surface area (Å²) in [6.45, 7) is 3.17. The molecule has 118 valence electrons. The molecule has 1 N–H and O–H groups in total. The summed E-state index contributed by atoms with van der Waals surface area (Å²) in [5.41, 5.74) is 1.63. The maximum Gasteiger partial charge on any atom is 0.147 e. The lowest BCUT2D eigenvalue weighted by Gasteiger charge is -2.29. The minimum absolute atomic E-state index is 0.230. The molecule has 0 aliphatic heterocycles. The maximum absolute atomic E-state index is 11.3. The fourth-order valence-electron chi connectivity index (χ4n) is 3.19. The van der Waals surface area contributed by atoms with Crippen molar-refractivity contribution in [1.82, 2.24) is 5.32 Å². The highest BCUT2D eigenvalue weighted by atomic mass is 32.2. The molecule has 0 heterocycles. The van der Waals surface area contributed by atoms with Crippen molar-refractivity contribution in [3.63, 3.8) is 0 Å². The summed E-state index contributed by atoms with van der Waals surface area (Å²) in [6.07, 6.45) is 6.52. The SMILES string of the molecule is CCCNC(CCCS(C)(=O)=O)C1(c2ccccc2)CC1. The summed E-state index contributed by atoms with van der Waals surface area (Å²) in [5.74, 6) is 0.294. The first-order chi connectivity index (χ1) is 9.98. The molecule has 1 aliphatic carbocycles. The molecule has 1 saturated carbocycles. The topological polar surface area (TPSA) is 46.2 Å². The van der Waals surface area contributed by atoms with Gasteiger partial charge in [-0.25, -0.2) is 8.42 Å². The molecular weight excluding hydrogens is 282 g/mol. The number of nitrogens with one attached hydrogen (secondary N) is 1. The van der Waals surface area contributed by atoms with Gasteiger partial charge >= 0.3 is 0 Å². The van der Waals surface area contributed by atoms with E-state index in [1.807, 2.05) is 0 Å². The van der Waals surface area contributed by atoms with Crippen LogP contribution in [-0.4, -0.2) is 33.0 Å². The smallest absolute Gasteiger partial charge is 0.147 e. The molecule has 1 aromatic carbocycles. The average molecular weight is 309 g/mol. The molecule has 1 aliphatic rings. The molecule has 0 saturated heterocycles. The van der Waals surface area contributed by atoms with Crippen LogP contribution in [0.3, 0.4) is 0 Å². The van der Waals surface area contributed by atoms with Crippen molar-refractivity contribution in [2.24, 2.45) is 0 Å². The lowest BCUT2D eigenvalue weighted by molar-refractivity contribution is 0.389. The van der Waals surface area contributed by atoms with Gasteiger partial charge in [-0.05, 0) is 44.2 Å². The quantitative estimate of drug-likeness (QED) is 0.763. The molecule has 0 spiro atoms. The predicted molar refractivity (Wildman–Crippen MR) is 88.4 cm³/mol. The van der Waals surface area contributed by atoms with E-state index in [4.69, 9.17) is 0 Å². The number of sulfone groups is 1. The molecule has 21 heavy (non-hydrogen) atoms. The molecule has 1 fully saturated rings. The van der Waals surface area contributed by atoms with Crippen LogP contribution < -0.4 is 5.32 Å². The van der Waals surface area contributed by atoms with E-state index in [1.54, 1.807) is 0 Å². The Hall–Kier alpha value is -0.870. The van der Waals surface area contributed by atoms with E-state index in [1.165, 1.54) is 24.7 Å². The van der Waals surface area contributed by atoms with Gasteiger partial charge in [-0.3, -0.25) is 0 Å². The Kier molecular flexibility index (Phi) is 5.44. The second-order valence-electron chi connectivity index (χ2n) is 6.30. The second kappa shape index (κ2) is 6.93. The molecule has 1 atom stereocenters. The van der Waals surface area contributed by atoms with E-state index in [-0.39, 0.29) is 5.41 Å². The predicted octanol–water partition coefficient (Wildman–Crippen LogP) is 2.91. The molecule has 1 unspecified atom stereocenters. The Morgan fingerprint density at radius 2 is 1.90 bits per heavy atom. The zero-order chi connectivity index (χ0) is 15.3. The molecule has 3 nitrogen and oxygen atoms in total. The van der Waals surface area contributed by atoms with Gasteiger partial charge < -0.3 is 5.32 Å². The summed E-state index contributed by atoms with van der Waals surface area (Å²) in [5, 5.41) is 3.66. The standard InChI is InChI=1S/C17H27NO2S/c1-3-13-18-16(10-7-14-21(2,19)20)17(11-12-17)15-8-5-4-6-9-15/h4-6,8-9,16,18H,3,7,10-14H2,1-2H3. The maximum atomic E-state index is 11.3. The average Bonchev–Trinajstić information content (AvgIpc) is 3.24. The molecule has 0 aromatic heterocycles. The molecule has 4 heteroatoms. The van der Waals surface area contributed by atoms with Crippen LogP contribution in [-0.2, 0) is 15.3 Å². The van der Waals surface area contributed by atoms with Gasteiger partial charge in [-0.1, -0.05) is 37.3 Å². The highest BCUT2D eigenvalue weighted by Crippen LogP contribution is 2.52. The van der Waals surface area contributed by atoms with Gasteiger partial charge in [0.05, 0.1) is 0 Å². The van der Waals surface area contributed by atoms with Crippen molar-refractivity contribution in [2.75, 3.05) is 18.6 Å². The van der Waals surface area contributed by atoms with Gasteiger partial charge in [0, 0.05) is 23.5 Å². The summed E-state index contributed by atoms with van der Waals surface area (Å²) in [7, 11) is -2.86. The van der Waals surface area contributed by atoms with Crippen molar-refractivity contribution in [3.05, 3.63) is 35.9 Å². The zero-order valence-corrected chi connectivity index (χ0v) is 14.0. The Bertz CT molecular complexity index is 535. The van der Waals surface area contributed by atoms with E-state index in [2.05, 4.69) is 42.6 Å². The van der Waals surface area contributed by atoms with E-state index in [0.29, 0.717) is 11.8 Å². The Morgan fingerprint density at radius 3 is 2.43 bits per heavy atom. The van der Waals surface area contributed by atoms with Crippen LogP contribution in [0.1, 0.15) is 44.6 Å². The first-order valence-corrected chi connectivity index (χ1v) is 10.0. The van der Waals surface area contributed by atoms with Crippen LogP contribution in [0.4, 0.5) is 0 Å². The number of hydrogen-bond donors (Lipinski definition) is 1. The van der Waals surface area contributed by atoms with E-state index < -0.39 is 9.84 Å². The summed E-state index contributed by atoms with van der Waals surface area (Å²) in [4.78, 5) is 0. The summed E-state index contributed by atoms with van der Waals surface area (Å²) in [6, 6.07) is 11.1. The third-order valence-electron chi connectivity index (χ3n) is 4.45. The van der Waals surface area contributed by atoms with Crippen LogP contribution in [0, 0.1) is 0 Å². The fraction of sp³-hybridized carbons (Fsp3) is 0.647. The van der Waals surface area contributed by atoms with Crippen LogP contribution >= 0.6 is 0 Å². The summed E-state index contributed by atoms with van der Waals surface area (Å²) >= 11 is 0. The second-order valence-corrected chi connectivity index (χ2v) is 8.56. The number of hydrogen-bond acceptors (Lipinski definition) is 3. The van der Waals surface area contributed by atoms with Crippen molar-refractivity contribution >= 4 is 9.84 Å². The first-order valence-electron chi connectivity index (χ1n) is 7.94. The molecule has 0 radical (unpaired) electrons. The zero-order valence-electron chi connectivity index (χ0n) is 13.1. The third-order valence-corrected chi connectivity index (χ3v) is 5.48. The number of rotatable bonds is 9. The normalized spacial score (nSPS) is 18.4. The molecule has 0 bridgehead atoms. The van der Waals surface area contributed by atoms with Crippen LogP contribution in [0.15, 0.2) is 30.3 Å². The van der Waals surface area contributed by atoms with Crippen molar-refractivity contribution in [2.45, 2.75) is 50.5 Å². The molecule has 0 amide bonds. The van der Waals surface area contributed by atoms with Gasteiger partial charge in [0.1, 0.15) is 9.84 Å². The number of benzene rings is 1. The molecule has 1 aromatic rings. The van der Waals surface area contributed by atoms with Gasteiger partial charge in [-0.15, -0.1) is 0 Å². The van der Waals surface area contributed by atoms with E-state index in [9.17, 15) is 8.42 Å². The Balaban J connectivity index is 2.05. The monoisotopic (exact) mass is 309 g/mol. The van der Waals surface area contributed by atoms with Gasteiger partial charge in [0.2, 0.25) is 0 Å². The van der Waals surface area contributed by atoms with E-state index >= 15 is 0 Å². The minimum atomic E-state index is -2.86. The third kappa shape index (κ3) is 4.55. The Morgan fingerprint density at radius 1 is 1.24 bits per heavy atom. The van der Waals surface area contributed by atoms with Gasteiger partial charge in [0.15, 0.2) is 0 Å². The van der Waals surface area contributed by atoms with Crippen LogP contribution in [0.5, 0.6) is 0 Å². The first kappa shape index (κ1) is 16.5. The van der Waals surface area contributed by atoms with Crippen molar-refractivity contribution in [1.29, 1.82) is 0 Å². The molecule has 2 rings (SSSR count). The Labute approximate surface area is 129 Å². The molecular formula is C17H27NO2S. The minimum Gasteiger partial charge on any atom is -0.313 e. The summed E-state index contributed by atoms with van der Waals surface area (Å²) < 4.78 is 22.7. The van der Waals surface area contributed by atoms with Gasteiger partial charge in [-0.2, -0.15) is 0 Å². The van der Waals surface area contributed by atoms with Crippen LogP contribution in [0.2, 0.25) is 0 Å². The van der Waals surface area contributed by atoms with Gasteiger partial charge in [0.25, 0.3) is 0 Å².